The van der Waals surface area contributed by atoms with E-state index in [1.807, 2.05) is 38.1 Å². The molecule has 3 aromatic rings. The van der Waals surface area contributed by atoms with Crippen LogP contribution in [0.4, 0.5) is 5.69 Å². The van der Waals surface area contributed by atoms with Crippen molar-refractivity contribution in [2.24, 2.45) is 0 Å². The smallest absolute Gasteiger partial charge is 0.246 e. The summed E-state index contributed by atoms with van der Waals surface area (Å²) in [4.78, 5) is 12.7. The molecule has 2 unspecified atom stereocenters. The molecule has 1 aliphatic rings. The molecule has 2 heterocycles. The molecule has 1 N–H and O–H groups in total. The molecule has 0 spiro atoms. The summed E-state index contributed by atoms with van der Waals surface area (Å²) < 4.78 is 29.3. The molecule has 1 saturated heterocycles. The Morgan fingerprint density at radius 1 is 1.07 bits per heavy atom. The van der Waals surface area contributed by atoms with E-state index in [9.17, 15) is 13.2 Å². The third-order valence-electron chi connectivity index (χ3n) is 5.54. The highest BCUT2D eigenvalue weighted by molar-refractivity contribution is 7.89. The molecular weight excluding hydrogens is 402 g/mol. The van der Waals surface area contributed by atoms with E-state index < -0.39 is 10.0 Å². The van der Waals surface area contributed by atoms with Crippen LogP contribution < -0.4 is 5.32 Å². The fourth-order valence-corrected chi connectivity index (χ4v) is 5.96. The van der Waals surface area contributed by atoms with Gasteiger partial charge in [-0.2, -0.15) is 4.31 Å². The van der Waals surface area contributed by atoms with Crippen molar-refractivity contribution in [3.05, 3.63) is 48.5 Å². The fourth-order valence-electron chi connectivity index (χ4n) is 4.07. The Morgan fingerprint density at radius 2 is 1.73 bits per heavy atom. The van der Waals surface area contributed by atoms with Crippen LogP contribution in [0.25, 0.3) is 11.0 Å². The van der Waals surface area contributed by atoms with Gasteiger partial charge in [0.05, 0.1) is 10.4 Å². The zero-order valence-corrected chi connectivity index (χ0v) is 17.8. The Kier molecular flexibility index (Phi) is 5.57. The van der Waals surface area contributed by atoms with Gasteiger partial charge in [-0.05, 0) is 63.1 Å². The minimum atomic E-state index is -3.57. The Balaban J connectivity index is 1.46. The Hall–Kier alpha value is -2.78. The van der Waals surface area contributed by atoms with Gasteiger partial charge in [0.15, 0.2) is 0 Å². The summed E-state index contributed by atoms with van der Waals surface area (Å²) >= 11 is 0. The predicted molar refractivity (Wildman–Crippen MR) is 114 cm³/mol. The number of aromatic nitrogens is 3. The van der Waals surface area contributed by atoms with E-state index in [4.69, 9.17) is 0 Å². The third kappa shape index (κ3) is 3.95. The quantitative estimate of drug-likeness (QED) is 0.675. The highest BCUT2D eigenvalue weighted by Crippen LogP contribution is 2.30. The molecule has 1 amide bonds. The molecule has 9 heteroatoms. The SMILES string of the molecule is CC1CCCC(C)N1S(=O)(=O)c1ccc(NC(=O)Cn2nnc3ccccc32)cc1. The number of hydrogen-bond acceptors (Lipinski definition) is 5. The average molecular weight is 428 g/mol. The van der Waals surface area contributed by atoms with Gasteiger partial charge >= 0.3 is 0 Å². The second kappa shape index (κ2) is 8.16. The molecular formula is C21H25N5O3S. The molecule has 4 rings (SSSR count). The summed E-state index contributed by atoms with van der Waals surface area (Å²) in [7, 11) is -3.57. The van der Waals surface area contributed by atoms with Crippen molar-refractivity contribution in [3.63, 3.8) is 0 Å². The molecule has 0 aliphatic carbocycles. The summed E-state index contributed by atoms with van der Waals surface area (Å²) in [5.74, 6) is -0.264. The van der Waals surface area contributed by atoms with Gasteiger partial charge in [-0.3, -0.25) is 4.79 Å². The van der Waals surface area contributed by atoms with Crippen LogP contribution in [0.1, 0.15) is 33.1 Å². The first-order valence-corrected chi connectivity index (χ1v) is 11.5. The van der Waals surface area contributed by atoms with E-state index in [0.29, 0.717) is 5.69 Å². The topological polar surface area (TPSA) is 97.2 Å². The van der Waals surface area contributed by atoms with Crippen LogP contribution in [0.15, 0.2) is 53.4 Å². The number of para-hydroxylation sites is 1. The molecule has 2 aromatic carbocycles. The normalized spacial score (nSPS) is 20.3. The fraction of sp³-hybridized carbons (Fsp3) is 0.381. The molecule has 1 aromatic heterocycles. The van der Waals surface area contributed by atoms with E-state index in [0.717, 1.165) is 30.3 Å². The maximum atomic E-state index is 13.1. The van der Waals surface area contributed by atoms with Gasteiger partial charge in [-0.15, -0.1) is 5.10 Å². The minimum Gasteiger partial charge on any atom is -0.324 e. The van der Waals surface area contributed by atoms with E-state index in [-0.39, 0.29) is 29.4 Å². The highest BCUT2D eigenvalue weighted by Gasteiger charge is 2.35. The summed E-state index contributed by atoms with van der Waals surface area (Å²) in [5.41, 5.74) is 2.03. The van der Waals surface area contributed by atoms with Crippen LogP contribution in [-0.2, 0) is 21.4 Å². The lowest BCUT2D eigenvalue weighted by molar-refractivity contribution is -0.116. The number of nitrogens with one attached hydrogen (secondary N) is 1. The van der Waals surface area contributed by atoms with Crippen LogP contribution >= 0.6 is 0 Å². The second-order valence-corrected chi connectivity index (χ2v) is 9.62. The predicted octanol–water partition coefficient (Wildman–Crippen LogP) is 3.02. The van der Waals surface area contributed by atoms with Gasteiger partial charge in [-0.1, -0.05) is 23.8 Å². The molecule has 1 fully saturated rings. The van der Waals surface area contributed by atoms with E-state index in [1.54, 1.807) is 28.6 Å². The maximum absolute atomic E-state index is 13.1. The molecule has 0 saturated carbocycles. The summed E-state index contributed by atoms with van der Waals surface area (Å²) in [5, 5.41) is 10.8. The van der Waals surface area contributed by atoms with Crippen LogP contribution in [0, 0.1) is 0 Å². The minimum absolute atomic E-state index is 0.0172. The summed E-state index contributed by atoms with van der Waals surface area (Å²) in [6.45, 7) is 3.93. The maximum Gasteiger partial charge on any atom is 0.246 e. The number of carbonyl (C=O) groups excluding carboxylic acids is 1. The van der Waals surface area contributed by atoms with Crippen LogP contribution in [-0.4, -0.2) is 45.7 Å². The molecule has 30 heavy (non-hydrogen) atoms. The van der Waals surface area contributed by atoms with Crippen LogP contribution in [0.5, 0.6) is 0 Å². The third-order valence-corrected chi connectivity index (χ3v) is 7.68. The van der Waals surface area contributed by atoms with Crippen molar-refractivity contribution in [1.29, 1.82) is 0 Å². The number of sulfonamides is 1. The first kappa shape index (κ1) is 20.5. The van der Waals surface area contributed by atoms with Crippen molar-refractivity contribution in [3.8, 4) is 0 Å². The highest BCUT2D eigenvalue weighted by atomic mass is 32.2. The van der Waals surface area contributed by atoms with E-state index in [2.05, 4.69) is 15.6 Å². The zero-order valence-electron chi connectivity index (χ0n) is 17.0. The van der Waals surface area contributed by atoms with Crippen molar-refractivity contribution < 1.29 is 13.2 Å². The van der Waals surface area contributed by atoms with Gasteiger partial charge in [-0.25, -0.2) is 13.1 Å². The van der Waals surface area contributed by atoms with Gasteiger partial charge < -0.3 is 5.32 Å². The number of fused-ring (bicyclic) bond motifs is 1. The van der Waals surface area contributed by atoms with E-state index >= 15 is 0 Å². The number of nitrogens with zero attached hydrogens (tertiary/aromatic N) is 4. The lowest BCUT2D eigenvalue weighted by Crippen LogP contribution is -2.47. The Morgan fingerprint density at radius 3 is 2.43 bits per heavy atom. The lowest BCUT2D eigenvalue weighted by Gasteiger charge is -2.37. The van der Waals surface area contributed by atoms with Gasteiger partial charge in [0, 0.05) is 17.8 Å². The molecule has 0 bridgehead atoms. The number of hydrogen-bond donors (Lipinski definition) is 1. The van der Waals surface area contributed by atoms with Crippen molar-refractivity contribution in [2.45, 2.75) is 56.6 Å². The molecule has 158 valence electrons. The van der Waals surface area contributed by atoms with Crippen molar-refractivity contribution in [1.82, 2.24) is 19.3 Å². The van der Waals surface area contributed by atoms with Crippen LogP contribution in [0.2, 0.25) is 0 Å². The second-order valence-electron chi connectivity index (χ2n) is 7.77. The summed E-state index contributed by atoms with van der Waals surface area (Å²) in [6, 6.07) is 13.7. The first-order valence-electron chi connectivity index (χ1n) is 10.1. The van der Waals surface area contributed by atoms with Crippen molar-refractivity contribution >= 4 is 32.7 Å². The number of piperidine rings is 1. The van der Waals surface area contributed by atoms with E-state index in [1.165, 1.54) is 4.68 Å². The average Bonchev–Trinajstić information content (AvgIpc) is 3.11. The van der Waals surface area contributed by atoms with Crippen LogP contribution in [0.3, 0.4) is 0 Å². The standard InChI is InChI=1S/C21H25N5O3S/c1-15-6-5-7-16(2)26(15)30(28,29)18-12-10-17(11-13-18)22-21(27)14-25-20-9-4-3-8-19(20)23-24-25/h3-4,8-13,15-16H,5-7,14H2,1-2H3,(H,22,27). The molecule has 8 nitrogen and oxygen atoms in total. The van der Waals surface area contributed by atoms with Gasteiger partial charge in [0.2, 0.25) is 15.9 Å². The molecule has 2 atom stereocenters. The Bertz CT molecular complexity index is 1150. The monoisotopic (exact) mass is 427 g/mol. The lowest BCUT2D eigenvalue weighted by atomic mass is 10.0. The largest absolute Gasteiger partial charge is 0.324 e. The molecule has 0 radical (unpaired) electrons. The number of rotatable bonds is 5. The van der Waals surface area contributed by atoms with Gasteiger partial charge in [0.25, 0.3) is 0 Å². The zero-order chi connectivity index (χ0) is 21.3. The number of benzene rings is 2. The number of anilines is 1. The molecule has 1 aliphatic heterocycles. The Labute approximate surface area is 175 Å². The first-order chi connectivity index (χ1) is 14.4. The number of carbonyl (C=O) groups is 1. The number of amides is 1. The van der Waals surface area contributed by atoms with Crippen molar-refractivity contribution in [2.75, 3.05) is 5.32 Å². The summed E-state index contributed by atoms with van der Waals surface area (Å²) in [6.07, 6.45) is 2.78. The van der Waals surface area contributed by atoms with Gasteiger partial charge in [0.1, 0.15) is 12.1 Å².